The number of carboxylic acid groups (broad SMARTS) is 1. The second-order valence-corrected chi connectivity index (χ2v) is 26.5. The number of nitrogens with zero attached hydrogens (tertiary/aromatic N) is 9. The molecule has 0 saturated carbocycles. The van der Waals surface area contributed by atoms with E-state index in [4.69, 9.17) is 50.1 Å². The predicted octanol–water partition coefficient (Wildman–Crippen LogP) is 6.10. The predicted molar refractivity (Wildman–Crippen MR) is 397 cm³/mol. The van der Waals surface area contributed by atoms with E-state index >= 15 is 0 Å². The van der Waals surface area contributed by atoms with Gasteiger partial charge in [-0.1, -0.05) is 97.1 Å². The molecule has 0 atom stereocenters. The molecular weight excluding hydrogens is 1530 g/mol. The van der Waals surface area contributed by atoms with Crippen molar-refractivity contribution in [1.82, 2.24) is 60.7 Å². The number of carboxylic acids is 1. The van der Waals surface area contributed by atoms with E-state index in [0.717, 1.165) is 79.9 Å². The molecule has 30 heteroatoms. The monoisotopic (exact) mass is 1600 g/mol. The Bertz CT molecular complexity index is 4370. The average Bonchev–Trinajstić information content (AvgIpc) is 0.759. The van der Waals surface area contributed by atoms with Crippen molar-refractivity contribution in [2.75, 3.05) is 45.5 Å². The first-order valence-corrected chi connectivity index (χ1v) is 39.3. The standard InChI is InChI=1S/C39H48N8O5.C24H16N2.C10H8N2.CH4O3S.CH3.2ClH.2Na.O3S.Ru/c48-36(12-5-8-30-16-20-42-34(28-30)32-10-1-3-18-40-32)44-22-25-47(27-24-46-38(50)14-7-15-39(51)52)26-23-45-37(49)13-6-9-31-17-21-43-35(29-31)33-11-2-4-19-41-33;1-3-7-17(8-4-1)19-13-15-25-23-21(19)11-12-22-20(14-16-26-24(22)23)18-9-5-2-6-10-18;1-3-7-11-9(5-1)10-6-2-4-8-12-10;1-5(2,3)4;;;;;;1-4(2)3;/h1-4,10-11,16-21,28-29H,5-9,12-15,22-27H2,(H,44,48)(H,45,49)(H,46,50)(H,51,52);1-16H;1-8H;1H3,(H,2,3,4);1H3;2*1H;;;;/q;;;;-1;;;2*+1;;+2/p-3. The summed E-state index contributed by atoms with van der Waals surface area (Å²) >= 11 is -0.346. The number of hydrogen-bond acceptors (Lipinski definition) is 19. The Morgan fingerprint density at radius 2 is 0.743 bits per heavy atom. The second-order valence-electron chi connectivity index (χ2n) is 22.1. The van der Waals surface area contributed by atoms with Crippen LogP contribution in [0.5, 0.6) is 0 Å². The van der Waals surface area contributed by atoms with Crippen molar-refractivity contribution >= 4 is 85.6 Å². The number of pyridine rings is 8. The van der Waals surface area contributed by atoms with Crippen molar-refractivity contribution in [3.8, 4) is 56.4 Å². The van der Waals surface area contributed by atoms with Gasteiger partial charge in [0.2, 0.25) is 17.7 Å². The van der Waals surface area contributed by atoms with Crippen molar-refractivity contribution in [1.29, 1.82) is 0 Å². The summed E-state index contributed by atoms with van der Waals surface area (Å²) in [4.78, 5) is 85.5. The second kappa shape index (κ2) is 52.0. The van der Waals surface area contributed by atoms with E-state index in [2.05, 4.69) is 134 Å². The van der Waals surface area contributed by atoms with E-state index in [1.807, 2.05) is 122 Å². The van der Waals surface area contributed by atoms with Gasteiger partial charge in [0.1, 0.15) is 0 Å². The molecule has 0 bridgehead atoms. The Labute approximate surface area is 673 Å². The summed E-state index contributed by atoms with van der Waals surface area (Å²) in [5, 5.41) is 19.9. The summed E-state index contributed by atoms with van der Waals surface area (Å²) in [5.74, 6) is -1.21. The quantitative estimate of drug-likeness (QED) is 0.0206. The number of carbonyl (C=O) groups excluding carboxylic acids is 3. The molecule has 0 aliphatic rings. The Kier molecular flexibility index (Phi) is 45.2. The largest absolute Gasteiger partial charge is 1.00 e. The van der Waals surface area contributed by atoms with Gasteiger partial charge in [-0.15, -0.1) is 12.6 Å². The maximum absolute atomic E-state index is 12.6. The zero-order valence-electron chi connectivity index (χ0n) is 58.5. The fourth-order valence-corrected chi connectivity index (χ4v) is 10.1. The summed E-state index contributed by atoms with van der Waals surface area (Å²) in [6.07, 6.45) is 18.9. The first-order valence-electron chi connectivity index (χ1n) is 32.0. The SMILES string of the molecule is CS(=O)(=O)[O-].O=C(O)CCCC(=O)NCCN(CCNC(=O)CCCc1ccnc(-c2ccccn2)c1)CCNC(=O)CCCc1ccnc(-c2ccccn2)c1.O=S(=O)=O.[CH3-].[Cl][Ru][Cl].[Na+].[Na+].c1ccc(-c2ccccn2)nc1.c1ccc(-c2ccnc3c2ccc2c(-c4ccccc4)ccnc23)cc1. The molecule has 0 fully saturated rings. The molecule has 8 heterocycles. The van der Waals surface area contributed by atoms with E-state index in [0.29, 0.717) is 71.2 Å². The summed E-state index contributed by atoms with van der Waals surface area (Å²) in [7, 11) is 2.68. The molecule has 0 aliphatic carbocycles. The molecule has 11 aromatic rings. The average molecular weight is 1610 g/mol. The van der Waals surface area contributed by atoms with Crippen molar-refractivity contribution in [3.63, 3.8) is 0 Å². The summed E-state index contributed by atoms with van der Waals surface area (Å²) in [5.41, 5.74) is 13.9. The minimum absolute atomic E-state index is 0. The van der Waals surface area contributed by atoms with Crippen LogP contribution in [0.4, 0.5) is 0 Å². The van der Waals surface area contributed by atoms with E-state index in [1.165, 1.54) is 22.3 Å². The first-order chi connectivity index (χ1) is 49.4. The smallest absolute Gasteiger partial charge is 0.255 e. The number of rotatable bonds is 26. The minimum atomic E-state index is -3.92. The maximum Gasteiger partial charge on any atom is 1.00 e. The van der Waals surface area contributed by atoms with Gasteiger partial charge in [-0.3, -0.25) is 63.9 Å². The Morgan fingerprint density at radius 3 is 1.06 bits per heavy atom. The van der Waals surface area contributed by atoms with Crippen LogP contribution in [-0.4, -0.2) is 145 Å². The molecule has 4 N–H and O–H groups in total. The van der Waals surface area contributed by atoms with Gasteiger partial charge in [-0.2, -0.15) is 0 Å². The van der Waals surface area contributed by atoms with Gasteiger partial charge < -0.3 is 33.0 Å². The van der Waals surface area contributed by atoms with E-state index in [9.17, 15) is 19.2 Å². The van der Waals surface area contributed by atoms with Crippen LogP contribution in [0.15, 0.2) is 232 Å². The molecule has 3 amide bonds. The van der Waals surface area contributed by atoms with Gasteiger partial charge in [0.15, 0.2) is 0 Å². The third-order valence-electron chi connectivity index (χ3n) is 14.7. The van der Waals surface area contributed by atoms with Crippen molar-refractivity contribution in [2.45, 2.75) is 57.8 Å². The third-order valence-corrected chi connectivity index (χ3v) is 14.7. The first kappa shape index (κ1) is 91.2. The van der Waals surface area contributed by atoms with Gasteiger partial charge in [0.05, 0.1) is 55.3 Å². The molecule has 11 rings (SSSR count). The van der Waals surface area contributed by atoms with Crippen LogP contribution in [0.1, 0.15) is 56.1 Å². The van der Waals surface area contributed by atoms with E-state index < -0.39 is 26.7 Å². The third kappa shape index (κ3) is 36.2. The Morgan fingerprint density at radius 1 is 0.448 bits per heavy atom. The molecule has 0 saturated heterocycles. The maximum atomic E-state index is 12.6. The number of halogens is 2. The van der Waals surface area contributed by atoms with E-state index in [-0.39, 0.29) is 119 Å². The molecule has 23 nitrogen and oxygen atoms in total. The van der Waals surface area contributed by atoms with Crippen molar-refractivity contribution in [2.24, 2.45) is 0 Å². The molecule has 0 spiro atoms. The van der Waals surface area contributed by atoms with Crippen LogP contribution in [0.3, 0.4) is 0 Å². The summed E-state index contributed by atoms with van der Waals surface area (Å²) in [6.45, 7) is 2.80. The molecule has 3 aromatic carbocycles. The normalized spacial score (nSPS) is 10.2. The van der Waals surface area contributed by atoms with Crippen LogP contribution in [0.25, 0.3) is 78.2 Å². The summed E-state index contributed by atoms with van der Waals surface area (Å²) < 4.78 is 52.6. The zero-order chi connectivity index (χ0) is 73.2. The molecule has 8 aromatic heterocycles. The molecule has 0 unspecified atom stereocenters. The van der Waals surface area contributed by atoms with Crippen LogP contribution in [-0.2, 0) is 67.9 Å². The van der Waals surface area contributed by atoms with Crippen molar-refractivity contribution < 1.29 is 124 Å². The minimum Gasteiger partial charge on any atom is -0.255 e. The molecular formula is C75H78Cl2N12Na2O11RuS2. The topological polar surface area (TPSA) is 339 Å². The van der Waals surface area contributed by atoms with Crippen molar-refractivity contribution in [3.05, 3.63) is 250 Å². The summed E-state index contributed by atoms with van der Waals surface area (Å²) in [6, 6.07) is 60.2. The fraction of sp³-hybridized carbons (Fsp3) is 0.213. The number of fused-ring (bicyclic) bond motifs is 3. The number of aryl methyl sites for hydroxylation is 2. The van der Waals surface area contributed by atoms with Gasteiger partial charge in [0.25, 0.3) is 0 Å². The van der Waals surface area contributed by atoms with Crippen LogP contribution in [0.2, 0.25) is 0 Å². The Hall–Kier alpha value is -8.05. The molecule has 0 aliphatic heterocycles. The number of aliphatic carboxylic acids is 1. The van der Waals surface area contributed by atoms with Gasteiger partial charge in [-0.05, 0) is 150 Å². The zero-order valence-corrected chi connectivity index (χ0v) is 67.4. The number of hydrogen-bond donors (Lipinski definition) is 4. The number of carbonyl (C=O) groups is 4. The molecule has 0 radical (unpaired) electrons. The van der Waals surface area contributed by atoms with Gasteiger partial charge >= 0.3 is 110 Å². The number of nitrogens with one attached hydrogen (secondary N) is 3. The van der Waals surface area contributed by atoms with Crippen LogP contribution in [0, 0.1) is 7.43 Å². The molecule has 540 valence electrons. The number of amides is 3. The van der Waals surface area contributed by atoms with Crippen LogP contribution >= 0.6 is 19.4 Å². The van der Waals surface area contributed by atoms with Gasteiger partial charge in [0, 0.05) is 132 Å². The number of aromatic nitrogens is 8. The molecule has 105 heavy (non-hydrogen) atoms. The number of benzene rings is 3. The Balaban J connectivity index is 0.000000440. The van der Waals surface area contributed by atoms with Gasteiger partial charge in [-0.25, -0.2) is 8.42 Å². The van der Waals surface area contributed by atoms with Crippen LogP contribution < -0.4 is 75.1 Å². The fourth-order valence-electron chi connectivity index (χ4n) is 10.1. The van der Waals surface area contributed by atoms with E-state index in [1.54, 1.807) is 37.2 Å².